The van der Waals surface area contributed by atoms with E-state index in [2.05, 4.69) is 0 Å². The summed E-state index contributed by atoms with van der Waals surface area (Å²) in [4.78, 5) is 11.6. The van der Waals surface area contributed by atoms with E-state index in [0.717, 1.165) is 11.1 Å². The van der Waals surface area contributed by atoms with Crippen LogP contribution in [-0.2, 0) is 9.53 Å². The summed E-state index contributed by atoms with van der Waals surface area (Å²) in [5.41, 5.74) is 7.79. The molecule has 1 rings (SSSR count). The molecule has 1 aromatic carbocycles. The molecule has 0 bridgehead atoms. The lowest BCUT2D eigenvalue weighted by Gasteiger charge is -2.13. The number of benzene rings is 1. The van der Waals surface area contributed by atoms with Crippen molar-refractivity contribution in [2.75, 3.05) is 6.61 Å². The topological polar surface area (TPSA) is 52.3 Å². The van der Waals surface area contributed by atoms with Gasteiger partial charge in [0.05, 0.1) is 12.5 Å². The summed E-state index contributed by atoms with van der Waals surface area (Å²) in [6.45, 7) is 5.99. The Bertz CT molecular complexity index is 361. The van der Waals surface area contributed by atoms with Crippen molar-refractivity contribution in [1.82, 2.24) is 0 Å². The van der Waals surface area contributed by atoms with Gasteiger partial charge in [-0.2, -0.15) is 0 Å². The molecule has 0 saturated carbocycles. The van der Waals surface area contributed by atoms with Gasteiger partial charge in [-0.15, -0.1) is 0 Å². The van der Waals surface area contributed by atoms with Crippen LogP contribution in [0.2, 0.25) is 0 Å². The third-order valence-electron chi connectivity index (χ3n) is 2.58. The molecule has 16 heavy (non-hydrogen) atoms. The summed E-state index contributed by atoms with van der Waals surface area (Å²) in [6.07, 6.45) is 0. The molecular weight excluding hydrogens is 202 g/mol. The van der Waals surface area contributed by atoms with E-state index in [1.807, 2.05) is 45.0 Å². The maximum absolute atomic E-state index is 11.6. The number of carbonyl (C=O) groups is 1. The normalized spacial score (nSPS) is 14.2. The highest BCUT2D eigenvalue weighted by atomic mass is 16.5. The Balaban J connectivity index is 2.87. The van der Waals surface area contributed by atoms with Crippen LogP contribution in [0.25, 0.3) is 0 Å². The first kappa shape index (κ1) is 12.7. The van der Waals surface area contributed by atoms with Gasteiger partial charge in [-0.05, 0) is 31.9 Å². The van der Waals surface area contributed by atoms with Gasteiger partial charge in [-0.3, -0.25) is 4.79 Å². The van der Waals surface area contributed by atoms with E-state index in [4.69, 9.17) is 10.5 Å². The minimum atomic E-state index is -0.237. The minimum Gasteiger partial charge on any atom is -0.466 e. The zero-order chi connectivity index (χ0) is 12.1. The molecular formula is C13H19NO2. The van der Waals surface area contributed by atoms with Crippen LogP contribution in [0.15, 0.2) is 24.3 Å². The predicted molar refractivity (Wildman–Crippen MR) is 64.1 cm³/mol. The van der Waals surface area contributed by atoms with E-state index < -0.39 is 0 Å². The monoisotopic (exact) mass is 221 g/mol. The van der Waals surface area contributed by atoms with Crippen molar-refractivity contribution in [3.63, 3.8) is 0 Å². The molecule has 2 unspecified atom stereocenters. The molecule has 3 heteroatoms. The second-order valence-electron chi connectivity index (χ2n) is 3.93. The Kier molecular flexibility index (Phi) is 4.50. The van der Waals surface area contributed by atoms with Gasteiger partial charge in [0.1, 0.15) is 0 Å². The number of carbonyl (C=O) groups excluding carboxylic acids is 1. The zero-order valence-electron chi connectivity index (χ0n) is 10.1. The van der Waals surface area contributed by atoms with Gasteiger partial charge in [-0.25, -0.2) is 0 Å². The van der Waals surface area contributed by atoms with Gasteiger partial charge < -0.3 is 10.5 Å². The second-order valence-corrected chi connectivity index (χ2v) is 3.93. The summed E-state index contributed by atoms with van der Waals surface area (Å²) < 4.78 is 4.99. The van der Waals surface area contributed by atoms with Crippen LogP contribution in [0.5, 0.6) is 0 Å². The van der Waals surface area contributed by atoms with Gasteiger partial charge in [0, 0.05) is 6.04 Å². The summed E-state index contributed by atoms with van der Waals surface area (Å²) >= 11 is 0. The molecule has 0 aliphatic carbocycles. The van der Waals surface area contributed by atoms with Gasteiger partial charge in [-0.1, -0.05) is 24.3 Å². The van der Waals surface area contributed by atoms with Gasteiger partial charge >= 0.3 is 5.97 Å². The average Bonchev–Trinajstić information content (AvgIpc) is 2.28. The molecule has 0 amide bonds. The summed E-state index contributed by atoms with van der Waals surface area (Å²) in [5, 5.41) is 0. The smallest absolute Gasteiger partial charge is 0.313 e. The van der Waals surface area contributed by atoms with E-state index in [1.165, 1.54) is 0 Å². The molecule has 0 fully saturated rings. The Morgan fingerprint density at radius 2 is 2.00 bits per heavy atom. The third-order valence-corrected chi connectivity index (χ3v) is 2.58. The Morgan fingerprint density at radius 3 is 2.56 bits per heavy atom. The first-order valence-electron chi connectivity index (χ1n) is 5.58. The fourth-order valence-electron chi connectivity index (χ4n) is 1.51. The largest absolute Gasteiger partial charge is 0.466 e. The molecule has 0 aliphatic heterocycles. The second kappa shape index (κ2) is 5.66. The van der Waals surface area contributed by atoms with Gasteiger partial charge in [0.15, 0.2) is 0 Å². The van der Waals surface area contributed by atoms with Gasteiger partial charge in [0.25, 0.3) is 0 Å². The summed E-state index contributed by atoms with van der Waals surface area (Å²) in [7, 11) is 0. The van der Waals surface area contributed by atoms with Crippen molar-refractivity contribution in [2.45, 2.75) is 32.7 Å². The Labute approximate surface area is 96.6 Å². The fraction of sp³-hybridized carbons (Fsp3) is 0.462. The number of hydrogen-bond donors (Lipinski definition) is 1. The van der Waals surface area contributed by atoms with Crippen LogP contribution in [0.3, 0.4) is 0 Å². The molecule has 0 aliphatic rings. The fourth-order valence-corrected chi connectivity index (χ4v) is 1.51. The molecule has 0 saturated heterocycles. The van der Waals surface area contributed by atoms with Crippen molar-refractivity contribution >= 4 is 5.97 Å². The highest BCUT2D eigenvalue weighted by Crippen LogP contribution is 2.20. The van der Waals surface area contributed by atoms with Crippen LogP contribution in [0, 0.1) is 0 Å². The van der Waals surface area contributed by atoms with Crippen LogP contribution in [0.1, 0.15) is 43.9 Å². The van der Waals surface area contributed by atoms with Crippen molar-refractivity contribution in [1.29, 1.82) is 0 Å². The lowest BCUT2D eigenvalue weighted by atomic mass is 9.97. The van der Waals surface area contributed by atoms with Crippen LogP contribution >= 0.6 is 0 Å². The average molecular weight is 221 g/mol. The zero-order valence-corrected chi connectivity index (χ0v) is 10.1. The van der Waals surface area contributed by atoms with Crippen molar-refractivity contribution in [2.24, 2.45) is 5.73 Å². The number of nitrogens with two attached hydrogens (primary N) is 1. The number of ether oxygens (including phenoxy) is 1. The van der Waals surface area contributed by atoms with E-state index >= 15 is 0 Å². The molecule has 0 radical (unpaired) electrons. The highest BCUT2D eigenvalue weighted by Gasteiger charge is 2.16. The van der Waals surface area contributed by atoms with E-state index in [1.54, 1.807) is 0 Å². The van der Waals surface area contributed by atoms with Crippen LogP contribution < -0.4 is 5.73 Å². The molecule has 0 spiro atoms. The molecule has 3 nitrogen and oxygen atoms in total. The minimum absolute atomic E-state index is 0.0191. The number of rotatable bonds is 4. The lowest BCUT2D eigenvalue weighted by Crippen LogP contribution is -2.14. The van der Waals surface area contributed by atoms with Crippen LogP contribution in [-0.4, -0.2) is 12.6 Å². The van der Waals surface area contributed by atoms with Crippen molar-refractivity contribution in [3.8, 4) is 0 Å². The van der Waals surface area contributed by atoms with Crippen LogP contribution in [0.4, 0.5) is 0 Å². The maximum atomic E-state index is 11.6. The third kappa shape index (κ3) is 3.07. The molecule has 2 N–H and O–H groups in total. The predicted octanol–water partition coefficient (Wildman–Crippen LogP) is 2.37. The molecule has 2 atom stereocenters. The van der Waals surface area contributed by atoms with E-state index in [9.17, 15) is 4.79 Å². The quantitative estimate of drug-likeness (QED) is 0.794. The lowest BCUT2D eigenvalue weighted by molar-refractivity contribution is -0.144. The Hall–Kier alpha value is -1.35. The van der Waals surface area contributed by atoms with Gasteiger partial charge in [0.2, 0.25) is 0 Å². The van der Waals surface area contributed by atoms with E-state index in [0.29, 0.717) is 6.61 Å². The standard InChI is InChI=1S/C13H19NO2/c1-4-16-13(15)9(2)11-6-5-7-12(8-11)10(3)14/h5-10H,4,14H2,1-3H3. The first-order chi connectivity index (χ1) is 7.56. The number of hydrogen-bond acceptors (Lipinski definition) is 3. The first-order valence-corrected chi connectivity index (χ1v) is 5.58. The van der Waals surface area contributed by atoms with Crippen molar-refractivity contribution in [3.05, 3.63) is 35.4 Å². The summed E-state index contributed by atoms with van der Waals surface area (Å²) in [6, 6.07) is 7.75. The Morgan fingerprint density at radius 1 is 1.38 bits per heavy atom. The summed E-state index contributed by atoms with van der Waals surface area (Å²) in [5.74, 6) is -0.428. The highest BCUT2D eigenvalue weighted by molar-refractivity contribution is 5.77. The number of esters is 1. The maximum Gasteiger partial charge on any atom is 0.313 e. The molecule has 88 valence electrons. The van der Waals surface area contributed by atoms with Crippen molar-refractivity contribution < 1.29 is 9.53 Å². The van der Waals surface area contributed by atoms with E-state index in [-0.39, 0.29) is 17.9 Å². The SMILES string of the molecule is CCOC(=O)C(C)c1cccc(C(C)N)c1. The molecule has 1 aromatic rings. The molecule has 0 aromatic heterocycles. The molecule has 0 heterocycles.